The maximum Gasteiger partial charge on any atom is 0.0595 e. The predicted molar refractivity (Wildman–Crippen MR) is 80.2 cm³/mol. The van der Waals surface area contributed by atoms with Crippen LogP contribution in [0.3, 0.4) is 0 Å². The van der Waals surface area contributed by atoms with Gasteiger partial charge in [0, 0.05) is 24.5 Å². The van der Waals surface area contributed by atoms with Gasteiger partial charge in [-0.1, -0.05) is 29.3 Å². The van der Waals surface area contributed by atoms with Gasteiger partial charge in [-0.3, -0.25) is 4.90 Å². The summed E-state index contributed by atoms with van der Waals surface area (Å²) in [7, 11) is 0. The van der Waals surface area contributed by atoms with Crippen molar-refractivity contribution in [1.82, 2.24) is 4.90 Å². The minimum Gasteiger partial charge on any atom is -0.300 e. The topological polar surface area (TPSA) is 3.24 Å². The molecule has 2 atom stereocenters. The number of hydrogen-bond donors (Lipinski definition) is 0. The van der Waals surface area contributed by atoms with Crippen LogP contribution in [0.4, 0.5) is 0 Å². The minimum atomic E-state index is 0. The molecule has 4 heteroatoms. The van der Waals surface area contributed by atoms with E-state index < -0.39 is 0 Å². The highest BCUT2D eigenvalue weighted by molar-refractivity contribution is 6.42. The molecule has 3 rings (SSSR count). The van der Waals surface area contributed by atoms with Crippen molar-refractivity contribution in [1.29, 1.82) is 0 Å². The summed E-state index contributed by atoms with van der Waals surface area (Å²) in [5.74, 6) is 0.821. The van der Waals surface area contributed by atoms with E-state index in [1.165, 1.54) is 25.1 Å². The number of benzene rings is 1. The Morgan fingerprint density at radius 1 is 1.28 bits per heavy atom. The number of rotatable bonds is 2. The first-order valence-corrected chi connectivity index (χ1v) is 6.98. The molecular weight excluding hydrogens is 289 g/mol. The minimum absolute atomic E-state index is 0. The van der Waals surface area contributed by atoms with Gasteiger partial charge in [-0.15, -0.1) is 12.4 Å². The summed E-state index contributed by atoms with van der Waals surface area (Å²) in [6.07, 6.45) is 1.31. The standard InChI is InChI=1S/C14H17Cl2N.ClH/c1-9(2)17-7-11-6-14(11,8-17)10-3-4-12(15)13(16)5-10;/h3-5,9,11H,6-8H2,1-2H3;1H/t11-,14-;/m0./s1. The number of fused-ring (bicyclic) bond motifs is 1. The molecule has 0 unspecified atom stereocenters. The maximum atomic E-state index is 6.13. The molecule has 1 nitrogen and oxygen atoms in total. The Morgan fingerprint density at radius 3 is 2.56 bits per heavy atom. The number of hydrogen-bond acceptors (Lipinski definition) is 1. The quantitative estimate of drug-likeness (QED) is 0.783. The normalized spacial score (nSPS) is 30.2. The Morgan fingerprint density at radius 2 is 2.00 bits per heavy atom. The summed E-state index contributed by atoms with van der Waals surface area (Å²) in [6.45, 7) is 6.95. The molecular formula is C14H18Cl3N. The zero-order valence-corrected chi connectivity index (χ0v) is 12.9. The van der Waals surface area contributed by atoms with Gasteiger partial charge in [0.25, 0.3) is 0 Å². The third kappa shape index (κ3) is 2.16. The van der Waals surface area contributed by atoms with Gasteiger partial charge in [0.15, 0.2) is 0 Å². The van der Waals surface area contributed by atoms with Gasteiger partial charge in [-0.25, -0.2) is 0 Å². The maximum absolute atomic E-state index is 6.13. The first-order valence-electron chi connectivity index (χ1n) is 6.22. The van der Waals surface area contributed by atoms with E-state index in [-0.39, 0.29) is 12.4 Å². The van der Waals surface area contributed by atoms with Crippen LogP contribution in [-0.2, 0) is 5.41 Å². The molecule has 18 heavy (non-hydrogen) atoms. The highest BCUT2D eigenvalue weighted by atomic mass is 35.5. The zero-order chi connectivity index (χ0) is 12.2. The highest BCUT2D eigenvalue weighted by Crippen LogP contribution is 2.59. The number of piperidine rings is 1. The fraction of sp³-hybridized carbons (Fsp3) is 0.571. The number of halogens is 3. The molecule has 0 aromatic heterocycles. The lowest BCUT2D eigenvalue weighted by molar-refractivity contribution is 0.243. The lowest BCUT2D eigenvalue weighted by Crippen LogP contribution is -2.32. The van der Waals surface area contributed by atoms with Gasteiger partial charge in [0.2, 0.25) is 0 Å². The second-order valence-electron chi connectivity index (χ2n) is 5.71. The van der Waals surface area contributed by atoms with Crippen molar-refractivity contribution in [2.24, 2.45) is 5.92 Å². The third-order valence-corrected chi connectivity index (χ3v) is 5.14. The molecule has 1 aromatic rings. The average Bonchev–Trinajstić information content (AvgIpc) is 2.85. The molecule has 1 saturated heterocycles. The average molecular weight is 307 g/mol. The highest BCUT2D eigenvalue weighted by Gasteiger charge is 2.60. The summed E-state index contributed by atoms with van der Waals surface area (Å²) in [5, 5.41) is 1.34. The first kappa shape index (κ1) is 14.5. The first-order chi connectivity index (χ1) is 8.03. The summed E-state index contributed by atoms with van der Waals surface area (Å²) in [5.41, 5.74) is 1.75. The molecule has 1 heterocycles. The number of nitrogens with zero attached hydrogens (tertiary/aromatic N) is 1. The van der Waals surface area contributed by atoms with Crippen molar-refractivity contribution >= 4 is 35.6 Å². The third-order valence-electron chi connectivity index (χ3n) is 4.40. The van der Waals surface area contributed by atoms with Crippen LogP contribution in [0.1, 0.15) is 25.8 Å². The van der Waals surface area contributed by atoms with Gasteiger partial charge < -0.3 is 0 Å². The molecule has 2 fully saturated rings. The summed E-state index contributed by atoms with van der Waals surface area (Å²) in [4.78, 5) is 2.57. The Hall–Kier alpha value is 0.0500. The van der Waals surface area contributed by atoms with Gasteiger partial charge in [0.1, 0.15) is 0 Å². The van der Waals surface area contributed by atoms with Crippen molar-refractivity contribution in [3.8, 4) is 0 Å². The fourth-order valence-corrected chi connectivity index (χ4v) is 3.47. The van der Waals surface area contributed by atoms with Crippen molar-refractivity contribution in [3.05, 3.63) is 33.8 Å². The molecule has 1 aliphatic heterocycles. The van der Waals surface area contributed by atoms with Crippen LogP contribution in [0, 0.1) is 5.92 Å². The lowest BCUT2D eigenvalue weighted by Gasteiger charge is -2.24. The van der Waals surface area contributed by atoms with Gasteiger partial charge in [0.05, 0.1) is 10.0 Å². The van der Waals surface area contributed by atoms with Gasteiger partial charge in [-0.2, -0.15) is 0 Å². The predicted octanol–water partition coefficient (Wildman–Crippen LogP) is 4.40. The van der Waals surface area contributed by atoms with E-state index in [0.717, 1.165) is 5.92 Å². The van der Waals surface area contributed by atoms with Gasteiger partial charge in [-0.05, 0) is 43.9 Å². The summed E-state index contributed by atoms with van der Waals surface area (Å²) >= 11 is 12.1. The Bertz CT molecular complexity index is 460. The van der Waals surface area contributed by atoms with E-state index in [0.29, 0.717) is 21.5 Å². The molecule has 100 valence electrons. The zero-order valence-electron chi connectivity index (χ0n) is 10.6. The number of likely N-dealkylation sites (tertiary alicyclic amines) is 1. The van der Waals surface area contributed by atoms with Crippen LogP contribution in [-0.4, -0.2) is 24.0 Å². The van der Waals surface area contributed by atoms with Crippen LogP contribution >= 0.6 is 35.6 Å². The van der Waals surface area contributed by atoms with Crippen molar-refractivity contribution in [3.63, 3.8) is 0 Å². The van der Waals surface area contributed by atoms with E-state index in [2.05, 4.69) is 30.9 Å². The molecule has 1 saturated carbocycles. The smallest absolute Gasteiger partial charge is 0.0595 e. The molecule has 0 radical (unpaired) electrons. The van der Waals surface area contributed by atoms with E-state index in [9.17, 15) is 0 Å². The second kappa shape index (κ2) is 4.86. The van der Waals surface area contributed by atoms with Gasteiger partial charge >= 0.3 is 0 Å². The molecule has 1 aliphatic carbocycles. The molecule has 0 N–H and O–H groups in total. The Kier molecular flexibility index (Phi) is 3.91. The van der Waals surface area contributed by atoms with Crippen molar-refractivity contribution in [2.45, 2.75) is 31.7 Å². The van der Waals surface area contributed by atoms with Crippen LogP contribution in [0.2, 0.25) is 10.0 Å². The monoisotopic (exact) mass is 305 g/mol. The van der Waals surface area contributed by atoms with Crippen LogP contribution in [0.5, 0.6) is 0 Å². The van der Waals surface area contributed by atoms with Crippen LogP contribution in [0.25, 0.3) is 0 Å². The molecule has 0 amide bonds. The summed E-state index contributed by atoms with van der Waals surface area (Å²) in [6, 6.07) is 6.79. The molecule has 0 spiro atoms. The fourth-order valence-electron chi connectivity index (χ4n) is 3.17. The SMILES string of the molecule is CC(C)N1C[C@@H]2C[C@@]2(c2ccc(Cl)c(Cl)c2)C1.Cl. The Labute approximate surface area is 125 Å². The van der Waals surface area contributed by atoms with Crippen LogP contribution in [0.15, 0.2) is 18.2 Å². The Balaban J connectivity index is 0.00000120. The van der Waals surface area contributed by atoms with Crippen LogP contribution < -0.4 is 0 Å². The summed E-state index contributed by atoms with van der Waals surface area (Å²) < 4.78 is 0. The largest absolute Gasteiger partial charge is 0.300 e. The molecule has 2 aliphatic rings. The van der Waals surface area contributed by atoms with Crippen molar-refractivity contribution in [2.75, 3.05) is 13.1 Å². The van der Waals surface area contributed by atoms with Crippen molar-refractivity contribution < 1.29 is 0 Å². The molecule has 1 aromatic carbocycles. The van der Waals surface area contributed by atoms with E-state index in [1.807, 2.05) is 6.07 Å². The molecule has 0 bridgehead atoms. The van der Waals surface area contributed by atoms with E-state index in [1.54, 1.807) is 0 Å². The van der Waals surface area contributed by atoms with E-state index >= 15 is 0 Å². The second-order valence-corrected chi connectivity index (χ2v) is 6.52. The lowest BCUT2D eigenvalue weighted by atomic mass is 9.95. The van der Waals surface area contributed by atoms with E-state index in [4.69, 9.17) is 23.2 Å².